The summed E-state index contributed by atoms with van der Waals surface area (Å²) in [6, 6.07) is 0. The standard InChI is InChI=1S/C6H15NO5/c1-5(8,9)3-7(12)4-6(2,10)11/h8-12H,3-4H2,1-2H3. The van der Waals surface area contributed by atoms with Gasteiger partial charge in [0.15, 0.2) is 11.6 Å². The fourth-order valence-corrected chi connectivity index (χ4v) is 0.747. The Morgan fingerprint density at radius 2 is 1.17 bits per heavy atom. The van der Waals surface area contributed by atoms with Crippen molar-refractivity contribution in [1.29, 1.82) is 0 Å². The molecule has 0 rings (SSSR count). The van der Waals surface area contributed by atoms with E-state index in [2.05, 4.69) is 0 Å². The van der Waals surface area contributed by atoms with E-state index >= 15 is 0 Å². The summed E-state index contributed by atoms with van der Waals surface area (Å²) in [6.45, 7) is 1.18. The van der Waals surface area contributed by atoms with E-state index in [0.717, 1.165) is 13.8 Å². The van der Waals surface area contributed by atoms with Crippen LogP contribution in [0.5, 0.6) is 0 Å². The minimum Gasteiger partial charge on any atom is -0.365 e. The molecule has 74 valence electrons. The molecule has 0 bridgehead atoms. The molecular weight excluding hydrogens is 166 g/mol. The van der Waals surface area contributed by atoms with E-state index in [4.69, 9.17) is 25.6 Å². The van der Waals surface area contributed by atoms with Crippen molar-refractivity contribution >= 4 is 0 Å². The fourth-order valence-electron chi connectivity index (χ4n) is 0.747. The molecule has 0 aliphatic carbocycles. The zero-order valence-electron chi connectivity index (χ0n) is 7.10. The van der Waals surface area contributed by atoms with Gasteiger partial charge in [0.1, 0.15) is 0 Å². The average molecular weight is 181 g/mol. The highest BCUT2D eigenvalue weighted by Gasteiger charge is 2.25. The molecule has 5 N–H and O–H groups in total. The first kappa shape index (κ1) is 11.8. The number of rotatable bonds is 4. The molecule has 0 aromatic rings. The second-order valence-corrected chi connectivity index (χ2v) is 3.26. The van der Waals surface area contributed by atoms with E-state index in [0.29, 0.717) is 5.06 Å². The summed E-state index contributed by atoms with van der Waals surface area (Å²) in [5, 5.41) is 44.4. The fraction of sp³-hybridized carbons (Fsp3) is 1.00. The van der Waals surface area contributed by atoms with Crippen molar-refractivity contribution in [3.8, 4) is 0 Å². The lowest BCUT2D eigenvalue weighted by Crippen LogP contribution is -2.45. The maximum absolute atomic E-state index is 8.91. The zero-order valence-corrected chi connectivity index (χ0v) is 7.10. The monoisotopic (exact) mass is 181 g/mol. The summed E-state index contributed by atoms with van der Waals surface area (Å²) in [5.41, 5.74) is 0. The Morgan fingerprint density at radius 3 is 1.33 bits per heavy atom. The summed E-state index contributed by atoms with van der Waals surface area (Å²) in [5.74, 6) is -4.11. The van der Waals surface area contributed by atoms with Gasteiger partial charge in [-0.05, 0) is 13.8 Å². The SMILES string of the molecule is CC(O)(O)CN(O)CC(C)(O)O. The second kappa shape index (κ2) is 3.65. The van der Waals surface area contributed by atoms with E-state index in [-0.39, 0.29) is 0 Å². The van der Waals surface area contributed by atoms with Crippen LogP contribution in [-0.4, -0.2) is 55.4 Å². The molecule has 0 atom stereocenters. The molecule has 12 heavy (non-hydrogen) atoms. The van der Waals surface area contributed by atoms with Crippen molar-refractivity contribution in [2.24, 2.45) is 0 Å². The highest BCUT2D eigenvalue weighted by atomic mass is 16.5. The van der Waals surface area contributed by atoms with Gasteiger partial charge in [-0.1, -0.05) is 0 Å². The lowest BCUT2D eigenvalue weighted by Gasteiger charge is -2.26. The first-order chi connectivity index (χ1) is 5.10. The molecule has 0 saturated carbocycles. The van der Waals surface area contributed by atoms with E-state index in [1.807, 2.05) is 0 Å². The third-order valence-electron chi connectivity index (χ3n) is 0.964. The molecule has 0 unspecified atom stereocenters. The lowest BCUT2D eigenvalue weighted by molar-refractivity contribution is -0.253. The van der Waals surface area contributed by atoms with Gasteiger partial charge in [-0.15, -0.1) is 0 Å². The molecule has 0 aromatic carbocycles. The topological polar surface area (TPSA) is 104 Å². The predicted octanol–water partition coefficient (Wildman–Crippen LogP) is -1.92. The summed E-state index contributed by atoms with van der Waals surface area (Å²) in [7, 11) is 0. The highest BCUT2D eigenvalue weighted by Crippen LogP contribution is 2.04. The predicted molar refractivity (Wildman–Crippen MR) is 39.0 cm³/mol. The molecule has 0 heterocycles. The van der Waals surface area contributed by atoms with Gasteiger partial charge in [0.05, 0.1) is 13.1 Å². The average Bonchev–Trinajstić information content (AvgIpc) is 1.49. The van der Waals surface area contributed by atoms with Gasteiger partial charge >= 0.3 is 0 Å². The minimum absolute atomic E-state index is 0.417. The van der Waals surface area contributed by atoms with Crippen molar-refractivity contribution in [1.82, 2.24) is 5.06 Å². The Hall–Kier alpha value is -0.240. The minimum atomic E-state index is -2.06. The summed E-state index contributed by atoms with van der Waals surface area (Å²) in [4.78, 5) is 0. The number of nitrogens with zero attached hydrogens (tertiary/aromatic N) is 1. The molecule has 0 radical (unpaired) electrons. The first-order valence-electron chi connectivity index (χ1n) is 3.43. The van der Waals surface area contributed by atoms with Gasteiger partial charge < -0.3 is 25.6 Å². The molecule has 6 heteroatoms. The molecule has 0 aliphatic heterocycles. The second-order valence-electron chi connectivity index (χ2n) is 3.26. The maximum Gasteiger partial charge on any atom is 0.175 e. The van der Waals surface area contributed by atoms with Crippen LogP contribution in [0.25, 0.3) is 0 Å². The molecule has 0 saturated heterocycles. The van der Waals surface area contributed by atoms with Crippen LogP contribution >= 0.6 is 0 Å². The summed E-state index contributed by atoms with van der Waals surface area (Å²) >= 11 is 0. The molecule has 0 fully saturated rings. The third kappa shape index (κ3) is 7.86. The molecule has 0 spiro atoms. The highest BCUT2D eigenvalue weighted by molar-refractivity contribution is 4.64. The Morgan fingerprint density at radius 1 is 0.917 bits per heavy atom. The molecule has 0 amide bonds. The van der Waals surface area contributed by atoms with Crippen molar-refractivity contribution < 1.29 is 25.6 Å². The number of hydrogen-bond donors (Lipinski definition) is 5. The smallest absolute Gasteiger partial charge is 0.175 e. The van der Waals surface area contributed by atoms with Gasteiger partial charge in [-0.2, -0.15) is 5.06 Å². The number of hydroxylamine groups is 2. The van der Waals surface area contributed by atoms with Gasteiger partial charge in [0.2, 0.25) is 0 Å². The van der Waals surface area contributed by atoms with Crippen LogP contribution in [0.4, 0.5) is 0 Å². The third-order valence-corrected chi connectivity index (χ3v) is 0.964. The Bertz CT molecular complexity index is 120. The normalized spacial score (nSPS) is 14.0. The van der Waals surface area contributed by atoms with Crippen LogP contribution in [0.15, 0.2) is 0 Å². The van der Waals surface area contributed by atoms with E-state index in [1.165, 1.54) is 0 Å². The Labute approximate surface area is 70.2 Å². The Balaban J connectivity index is 3.83. The van der Waals surface area contributed by atoms with Gasteiger partial charge in [-0.3, -0.25) is 0 Å². The first-order valence-corrected chi connectivity index (χ1v) is 3.43. The quantitative estimate of drug-likeness (QED) is 0.256. The molecular formula is C6H15NO5. The van der Waals surface area contributed by atoms with Crippen LogP contribution in [0.3, 0.4) is 0 Å². The van der Waals surface area contributed by atoms with Gasteiger partial charge in [0, 0.05) is 0 Å². The van der Waals surface area contributed by atoms with Crippen LogP contribution in [0, 0.1) is 0 Å². The molecule has 0 aromatic heterocycles. The zero-order chi connectivity index (χ0) is 9.99. The largest absolute Gasteiger partial charge is 0.365 e. The van der Waals surface area contributed by atoms with Crippen molar-refractivity contribution in [2.75, 3.05) is 13.1 Å². The van der Waals surface area contributed by atoms with E-state index in [1.54, 1.807) is 0 Å². The van der Waals surface area contributed by atoms with Crippen molar-refractivity contribution in [2.45, 2.75) is 25.4 Å². The molecule has 6 nitrogen and oxygen atoms in total. The number of hydrogen-bond acceptors (Lipinski definition) is 6. The van der Waals surface area contributed by atoms with E-state index in [9.17, 15) is 0 Å². The lowest BCUT2D eigenvalue weighted by atomic mass is 10.3. The summed E-state index contributed by atoms with van der Waals surface area (Å²) in [6.07, 6.45) is 0. The van der Waals surface area contributed by atoms with Crippen LogP contribution in [0.1, 0.15) is 13.8 Å². The van der Waals surface area contributed by atoms with Crippen molar-refractivity contribution in [3.05, 3.63) is 0 Å². The van der Waals surface area contributed by atoms with Crippen molar-refractivity contribution in [3.63, 3.8) is 0 Å². The maximum atomic E-state index is 8.91. The number of aliphatic hydroxyl groups is 4. The van der Waals surface area contributed by atoms with Gasteiger partial charge in [0.25, 0.3) is 0 Å². The Kier molecular flexibility index (Phi) is 3.58. The summed E-state index contributed by atoms with van der Waals surface area (Å²) < 4.78 is 0. The molecule has 0 aliphatic rings. The van der Waals surface area contributed by atoms with Crippen LogP contribution in [-0.2, 0) is 0 Å². The van der Waals surface area contributed by atoms with E-state index < -0.39 is 24.7 Å². The van der Waals surface area contributed by atoms with Crippen LogP contribution in [0.2, 0.25) is 0 Å². The van der Waals surface area contributed by atoms with Crippen LogP contribution < -0.4 is 0 Å². The van der Waals surface area contributed by atoms with Gasteiger partial charge in [-0.25, -0.2) is 0 Å².